The Labute approximate surface area is 159 Å². The fourth-order valence-corrected chi connectivity index (χ4v) is 2.89. The van der Waals surface area contributed by atoms with Crippen molar-refractivity contribution in [3.05, 3.63) is 82.7 Å². The number of aromatic nitrogens is 1. The Morgan fingerprint density at radius 2 is 1.81 bits per heavy atom. The van der Waals surface area contributed by atoms with Gasteiger partial charge in [-0.3, -0.25) is 4.79 Å². The number of ether oxygens (including phenoxy) is 1. The second kappa shape index (κ2) is 8.54. The number of carbonyl (C=O) groups excluding carboxylic acids is 1. The lowest BCUT2D eigenvalue weighted by molar-refractivity contribution is 0.0942. The van der Waals surface area contributed by atoms with Crippen LogP contribution in [0.15, 0.2) is 59.1 Å². The fourth-order valence-electron chi connectivity index (χ4n) is 2.89. The lowest BCUT2D eigenvalue weighted by atomic mass is 10.0. The molecule has 2 aromatic carbocycles. The number of hydrogen-bond acceptors (Lipinski definition) is 4. The molecule has 3 rings (SSSR count). The van der Waals surface area contributed by atoms with Gasteiger partial charge in [-0.05, 0) is 36.5 Å². The minimum Gasteiger partial charge on any atom is -0.485 e. The van der Waals surface area contributed by atoms with E-state index in [1.54, 1.807) is 6.07 Å². The molecule has 0 bridgehead atoms. The molecule has 27 heavy (non-hydrogen) atoms. The van der Waals surface area contributed by atoms with E-state index in [1.165, 1.54) is 5.56 Å². The molecule has 1 heterocycles. The zero-order chi connectivity index (χ0) is 19.2. The zero-order valence-electron chi connectivity index (χ0n) is 15.9. The second-order valence-electron chi connectivity index (χ2n) is 6.71. The third kappa shape index (κ3) is 4.76. The van der Waals surface area contributed by atoms with Crippen LogP contribution in [-0.4, -0.2) is 17.6 Å². The third-order valence-corrected chi connectivity index (χ3v) is 4.50. The Morgan fingerprint density at radius 3 is 2.52 bits per heavy atom. The van der Waals surface area contributed by atoms with E-state index in [0.29, 0.717) is 12.3 Å². The van der Waals surface area contributed by atoms with Gasteiger partial charge in [-0.15, -0.1) is 0 Å². The van der Waals surface area contributed by atoms with Crippen molar-refractivity contribution >= 4 is 5.91 Å². The van der Waals surface area contributed by atoms with Crippen molar-refractivity contribution in [2.45, 2.75) is 33.3 Å². The molecule has 0 radical (unpaired) electrons. The molecule has 5 heteroatoms. The summed E-state index contributed by atoms with van der Waals surface area (Å²) in [6.07, 6.45) is 0. The first kappa shape index (κ1) is 18.7. The molecule has 0 spiro atoms. The van der Waals surface area contributed by atoms with Crippen LogP contribution >= 0.6 is 0 Å². The molecule has 3 aromatic rings. The first-order valence-corrected chi connectivity index (χ1v) is 9.02. The van der Waals surface area contributed by atoms with Crippen LogP contribution in [0.3, 0.4) is 0 Å². The summed E-state index contributed by atoms with van der Waals surface area (Å²) in [5, 5.41) is 6.76. The van der Waals surface area contributed by atoms with Crippen LogP contribution in [0.25, 0.3) is 0 Å². The number of rotatable bonds is 7. The number of aryl methyl sites for hydroxylation is 2. The first-order chi connectivity index (χ1) is 13.0. The average Bonchev–Trinajstić information content (AvgIpc) is 3.15. The summed E-state index contributed by atoms with van der Waals surface area (Å²) in [5.41, 5.74) is 3.56. The van der Waals surface area contributed by atoms with Gasteiger partial charge in [-0.1, -0.05) is 60.6 Å². The van der Waals surface area contributed by atoms with E-state index in [9.17, 15) is 4.79 Å². The molecule has 1 N–H and O–H groups in total. The summed E-state index contributed by atoms with van der Waals surface area (Å²) in [4.78, 5) is 12.3. The van der Waals surface area contributed by atoms with E-state index in [2.05, 4.69) is 29.5 Å². The molecule has 0 fully saturated rings. The summed E-state index contributed by atoms with van der Waals surface area (Å²) < 4.78 is 11.1. The van der Waals surface area contributed by atoms with Gasteiger partial charge >= 0.3 is 0 Å². The molecule has 1 aromatic heterocycles. The summed E-state index contributed by atoms with van der Waals surface area (Å²) in [7, 11) is 0. The predicted molar refractivity (Wildman–Crippen MR) is 104 cm³/mol. The maximum absolute atomic E-state index is 12.3. The Bertz CT molecular complexity index is 883. The molecule has 0 unspecified atom stereocenters. The topological polar surface area (TPSA) is 64.4 Å². The molecule has 0 aliphatic rings. The van der Waals surface area contributed by atoms with Crippen molar-refractivity contribution in [3.8, 4) is 5.75 Å². The summed E-state index contributed by atoms with van der Waals surface area (Å²) in [6, 6.07) is 17.7. The Balaban J connectivity index is 1.54. The number of hydrogen-bond donors (Lipinski definition) is 1. The van der Waals surface area contributed by atoms with Crippen molar-refractivity contribution in [2.75, 3.05) is 6.54 Å². The average molecular weight is 364 g/mol. The van der Waals surface area contributed by atoms with Crippen LogP contribution in [0.4, 0.5) is 0 Å². The predicted octanol–water partition coefficient (Wildman–Crippen LogP) is 4.40. The first-order valence-electron chi connectivity index (χ1n) is 9.02. The molecule has 140 valence electrons. The Morgan fingerprint density at radius 1 is 1.11 bits per heavy atom. The highest BCUT2D eigenvalue weighted by Gasteiger charge is 2.15. The lowest BCUT2D eigenvalue weighted by Crippen LogP contribution is -2.27. The van der Waals surface area contributed by atoms with Crippen LogP contribution in [0.2, 0.25) is 0 Å². The molecule has 1 amide bonds. The largest absolute Gasteiger partial charge is 0.485 e. The summed E-state index contributed by atoms with van der Waals surface area (Å²) >= 11 is 0. The number of amides is 1. The minimum atomic E-state index is -0.250. The number of nitrogens with zero attached hydrogens (tertiary/aromatic N) is 1. The second-order valence-corrected chi connectivity index (χ2v) is 6.71. The molecule has 0 saturated heterocycles. The molecule has 1 atom stereocenters. The van der Waals surface area contributed by atoms with Crippen LogP contribution in [0.5, 0.6) is 5.75 Å². The molecule has 0 saturated carbocycles. The van der Waals surface area contributed by atoms with E-state index in [4.69, 9.17) is 9.26 Å². The van der Waals surface area contributed by atoms with Crippen LogP contribution in [0, 0.1) is 13.8 Å². The SMILES string of the molecule is Cc1cccc(C)c1OCc1cc(C(=O)NC[C@@H](C)c2ccccc2)no1. The van der Waals surface area contributed by atoms with Crippen molar-refractivity contribution < 1.29 is 14.1 Å². The summed E-state index contributed by atoms with van der Waals surface area (Å²) in [6.45, 7) is 6.82. The minimum absolute atomic E-state index is 0.217. The monoisotopic (exact) mass is 364 g/mol. The van der Waals surface area contributed by atoms with Crippen LogP contribution in [0.1, 0.15) is 45.8 Å². The highest BCUT2D eigenvalue weighted by molar-refractivity contribution is 5.92. The molecule has 0 aliphatic heterocycles. The van der Waals surface area contributed by atoms with Crippen molar-refractivity contribution in [1.82, 2.24) is 10.5 Å². The van der Waals surface area contributed by atoms with Gasteiger partial charge in [-0.2, -0.15) is 0 Å². The smallest absolute Gasteiger partial charge is 0.273 e. The van der Waals surface area contributed by atoms with Gasteiger partial charge in [0.1, 0.15) is 12.4 Å². The van der Waals surface area contributed by atoms with Gasteiger partial charge in [0, 0.05) is 12.6 Å². The van der Waals surface area contributed by atoms with Crippen molar-refractivity contribution in [1.29, 1.82) is 0 Å². The number of carbonyl (C=O) groups is 1. The van der Waals surface area contributed by atoms with Gasteiger partial charge in [0.15, 0.2) is 11.5 Å². The molecular formula is C22H24N2O3. The Hall–Kier alpha value is -3.08. The lowest BCUT2D eigenvalue weighted by Gasteiger charge is -2.12. The maximum atomic E-state index is 12.3. The highest BCUT2D eigenvalue weighted by Crippen LogP contribution is 2.23. The number of nitrogens with one attached hydrogen (secondary N) is 1. The normalized spacial score (nSPS) is 11.8. The molecule has 5 nitrogen and oxygen atoms in total. The van der Waals surface area contributed by atoms with Gasteiger partial charge in [0.05, 0.1) is 0 Å². The highest BCUT2D eigenvalue weighted by atomic mass is 16.5. The van der Waals surface area contributed by atoms with Gasteiger partial charge in [-0.25, -0.2) is 0 Å². The van der Waals surface area contributed by atoms with Gasteiger partial charge in [0.2, 0.25) is 0 Å². The van der Waals surface area contributed by atoms with Gasteiger partial charge in [0.25, 0.3) is 5.91 Å². The summed E-state index contributed by atoms with van der Waals surface area (Å²) in [5.74, 6) is 1.31. The van der Waals surface area contributed by atoms with Crippen molar-refractivity contribution in [2.24, 2.45) is 0 Å². The third-order valence-electron chi connectivity index (χ3n) is 4.50. The van der Waals surface area contributed by atoms with Gasteiger partial charge < -0.3 is 14.6 Å². The van der Waals surface area contributed by atoms with E-state index >= 15 is 0 Å². The number of para-hydroxylation sites is 1. The van der Waals surface area contributed by atoms with Crippen LogP contribution < -0.4 is 10.1 Å². The Kier molecular flexibility index (Phi) is 5.91. The van der Waals surface area contributed by atoms with E-state index in [1.807, 2.05) is 50.2 Å². The van der Waals surface area contributed by atoms with Crippen LogP contribution in [-0.2, 0) is 6.61 Å². The fraction of sp³-hybridized carbons (Fsp3) is 0.273. The molecule has 0 aliphatic carbocycles. The van der Waals surface area contributed by atoms with E-state index in [-0.39, 0.29) is 24.1 Å². The maximum Gasteiger partial charge on any atom is 0.273 e. The zero-order valence-corrected chi connectivity index (χ0v) is 15.9. The van der Waals surface area contributed by atoms with Crippen molar-refractivity contribution in [3.63, 3.8) is 0 Å². The standard InChI is InChI=1S/C22H24N2O3/c1-15-8-7-9-16(2)21(15)26-14-19-12-20(24-27-19)22(25)23-13-17(3)18-10-5-4-6-11-18/h4-12,17H,13-14H2,1-3H3,(H,23,25)/t17-/m1/s1. The molecular weight excluding hydrogens is 340 g/mol. The van der Waals surface area contributed by atoms with E-state index < -0.39 is 0 Å². The van der Waals surface area contributed by atoms with E-state index in [0.717, 1.165) is 16.9 Å². The number of benzene rings is 2. The quantitative estimate of drug-likeness (QED) is 0.675.